The summed E-state index contributed by atoms with van der Waals surface area (Å²) in [5.74, 6) is -0.326. The van der Waals surface area contributed by atoms with Gasteiger partial charge < -0.3 is 14.2 Å². The van der Waals surface area contributed by atoms with Crippen LogP contribution in [-0.2, 0) is 14.3 Å². The molecule has 37 heavy (non-hydrogen) atoms. The van der Waals surface area contributed by atoms with E-state index in [2.05, 4.69) is 11.6 Å². The third kappa shape index (κ3) is 5.31. The Morgan fingerprint density at radius 3 is 2.43 bits per heavy atom. The second kappa shape index (κ2) is 11.2. The number of hydrogen-bond acceptors (Lipinski definition) is 8. The van der Waals surface area contributed by atoms with Gasteiger partial charge in [0, 0.05) is 0 Å². The van der Waals surface area contributed by atoms with Gasteiger partial charge in [0.1, 0.15) is 12.4 Å². The first-order valence-electron chi connectivity index (χ1n) is 11.6. The second-order valence-corrected chi connectivity index (χ2v) is 9.09. The molecule has 1 aromatic heterocycles. The number of methoxy groups -OCH3 is 1. The molecule has 0 bridgehead atoms. The number of carbonyl (C=O) groups excluding carboxylic acids is 2. The third-order valence-corrected chi connectivity index (χ3v) is 6.69. The Hall–Kier alpha value is -4.24. The Kier molecular flexibility index (Phi) is 7.83. The summed E-state index contributed by atoms with van der Waals surface area (Å²) in [4.78, 5) is 43.6. The van der Waals surface area contributed by atoms with Gasteiger partial charge in [0.05, 0.1) is 41.1 Å². The highest BCUT2D eigenvalue weighted by molar-refractivity contribution is 7.07. The summed E-state index contributed by atoms with van der Waals surface area (Å²) in [6, 6.07) is 13.2. The van der Waals surface area contributed by atoms with Gasteiger partial charge in [-0.2, -0.15) is 0 Å². The van der Waals surface area contributed by atoms with Gasteiger partial charge in [-0.3, -0.25) is 9.36 Å². The largest absolute Gasteiger partial charge is 0.490 e. The highest BCUT2D eigenvalue weighted by Crippen LogP contribution is 2.31. The van der Waals surface area contributed by atoms with E-state index >= 15 is 0 Å². The van der Waals surface area contributed by atoms with Crippen LogP contribution in [0.15, 0.2) is 82.2 Å². The first-order chi connectivity index (χ1) is 17.9. The molecular formula is C28H26N2O6S. The molecule has 0 spiro atoms. The number of hydrogen-bond donors (Lipinski definition) is 0. The number of carbonyl (C=O) groups is 2. The molecule has 2 aromatic carbocycles. The quantitative estimate of drug-likeness (QED) is 0.336. The molecule has 1 aliphatic heterocycles. The monoisotopic (exact) mass is 518 g/mol. The smallest absolute Gasteiger partial charge is 0.338 e. The van der Waals surface area contributed by atoms with Crippen LogP contribution in [0, 0.1) is 0 Å². The molecule has 9 heteroatoms. The van der Waals surface area contributed by atoms with Gasteiger partial charge in [-0.05, 0) is 55.3 Å². The average Bonchev–Trinajstić information content (AvgIpc) is 3.21. The fourth-order valence-corrected chi connectivity index (χ4v) is 5.04. The zero-order chi connectivity index (χ0) is 26.5. The fourth-order valence-electron chi connectivity index (χ4n) is 3.99. The molecule has 1 aliphatic rings. The summed E-state index contributed by atoms with van der Waals surface area (Å²) in [6.45, 7) is 7.66. The van der Waals surface area contributed by atoms with Crippen molar-refractivity contribution in [3.8, 4) is 5.75 Å². The molecule has 0 amide bonds. The lowest BCUT2D eigenvalue weighted by Crippen LogP contribution is -2.39. The van der Waals surface area contributed by atoms with Gasteiger partial charge in [0.25, 0.3) is 5.56 Å². The summed E-state index contributed by atoms with van der Waals surface area (Å²) >= 11 is 1.24. The molecule has 8 nitrogen and oxygen atoms in total. The van der Waals surface area contributed by atoms with E-state index in [9.17, 15) is 14.4 Å². The van der Waals surface area contributed by atoms with Crippen molar-refractivity contribution in [1.82, 2.24) is 4.57 Å². The van der Waals surface area contributed by atoms with Crippen LogP contribution >= 0.6 is 11.3 Å². The minimum absolute atomic E-state index is 0.181. The molecule has 1 atom stereocenters. The lowest BCUT2D eigenvalue weighted by atomic mass is 9.95. The zero-order valence-corrected chi connectivity index (χ0v) is 21.5. The molecular weight excluding hydrogens is 492 g/mol. The second-order valence-electron chi connectivity index (χ2n) is 8.08. The van der Waals surface area contributed by atoms with E-state index in [1.807, 2.05) is 24.3 Å². The van der Waals surface area contributed by atoms with Gasteiger partial charge in [-0.1, -0.05) is 48.3 Å². The summed E-state index contributed by atoms with van der Waals surface area (Å²) in [5.41, 5.74) is 2.27. The zero-order valence-electron chi connectivity index (χ0n) is 20.7. The molecule has 1 unspecified atom stereocenters. The third-order valence-electron chi connectivity index (χ3n) is 5.71. The van der Waals surface area contributed by atoms with Crippen molar-refractivity contribution in [2.24, 2.45) is 4.99 Å². The standard InChI is InChI=1S/C28H26N2O6S/c1-5-15-36-21-13-7-18(8-14-21)16-22-25(31)30-24(19-9-11-20(12-10-19)26(32)34-4)23(27(33)35-6-2)17(3)29-28(30)37-22/h5,7-14,16,24H,1,6,15H2,2-4H3. The normalized spacial score (nSPS) is 15.0. The topological polar surface area (TPSA) is 96.2 Å². The van der Waals surface area contributed by atoms with Gasteiger partial charge >= 0.3 is 11.9 Å². The number of nitrogens with zero attached hydrogens (tertiary/aromatic N) is 2. The summed E-state index contributed by atoms with van der Waals surface area (Å²) in [6.07, 6.45) is 3.45. The maximum absolute atomic E-state index is 13.7. The number of benzene rings is 2. The van der Waals surface area contributed by atoms with Crippen molar-refractivity contribution in [3.05, 3.63) is 109 Å². The molecule has 0 saturated heterocycles. The SMILES string of the molecule is C=CCOc1ccc(C=c2sc3n(c2=O)C(c2ccc(C(=O)OC)cc2)C(C(=O)OCC)=C(C)N=3)cc1. The molecule has 4 rings (SSSR count). The van der Waals surface area contributed by atoms with Gasteiger partial charge in [0.2, 0.25) is 0 Å². The van der Waals surface area contributed by atoms with Crippen LogP contribution < -0.4 is 19.6 Å². The first kappa shape index (κ1) is 25.8. The van der Waals surface area contributed by atoms with Gasteiger partial charge in [0.15, 0.2) is 4.80 Å². The Labute approximate surface area is 217 Å². The lowest BCUT2D eigenvalue weighted by molar-refractivity contribution is -0.139. The predicted octanol–water partition coefficient (Wildman–Crippen LogP) is 3.15. The predicted molar refractivity (Wildman–Crippen MR) is 140 cm³/mol. The highest BCUT2D eigenvalue weighted by Gasteiger charge is 2.33. The van der Waals surface area contributed by atoms with Crippen molar-refractivity contribution in [3.63, 3.8) is 0 Å². The Morgan fingerprint density at radius 2 is 1.81 bits per heavy atom. The Morgan fingerprint density at radius 1 is 1.11 bits per heavy atom. The van der Waals surface area contributed by atoms with E-state index in [1.165, 1.54) is 23.0 Å². The molecule has 0 radical (unpaired) electrons. The number of ether oxygens (including phenoxy) is 3. The summed E-state index contributed by atoms with van der Waals surface area (Å²) in [5, 5.41) is 0. The van der Waals surface area contributed by atoms with Gasteiger partial charge in [-0.15, -0.1) is 0 Å². The van der Waals surface area contributed by atoms with Crippen LogP contribution in [0.4, 0.5) is 0 Å². The number of esters is 2. The Bertz CT molecular complexity index is 1550. The molecule has 2 heterocycles. The number of aromatic nitrogens is 1. The van der Waals surface area contributed by atoms with Crippen molar-refractivity contribution in [1.29, 1.82) is 0 Å². The van der Waals surface area contributed by atoms with E-state index in [4.69, 9.17) is 14.2 Å². The summed E-state index contributed by atoms with van der Waals surface area (Å²) < 4.78 is 17.6. The number of fused-ring (bicyclic) bond motifs is 1. The molecule has 0 saturated carbocycles. The molecule has 3 aromatic rings. The minimum atomic E-state index is -0.765. The van der Waals surface area contributed by atoms with E-state index in [-0.39, 0.29) is 17.7 Å². The Balaban J connectivity index is 1.83. The van der Waals surface area contributed by atoms with Crippen LogP contribution in [0.3, 0.4) is 0 Å². The van der Waals surface area contributed by atoms with Crippen LogP contribution in [-0.4, -0.2) is 36.8 Å². The maximum Gasteiger partial charge on any atom is 0.338 e. The minimum Gasteiger partial charge on any atom is -0.490 e. The van der Waals surface area contributed by atoms with Gasteiger partial charge in [-0.25, -0.2) is 14.6 Å². The van der Waals surface area contributed by atoms with Crippen molar-refractivity contribution < 1.29 is 23.8 Å². The van der Waals surface area contributed by atoms with Crippen molar-refractivity contribution >= 4 is 29.4 Å². The number of rotatable bonds is 8. The van der Waals surface area contributed by atoms with Crippen LogP contribution in [0.1, 0.15) is 41.4 Å². The maximum atomic E-state index is 13.7. The molecule has 0 N–H and O–H groups in total. The molecule has 190 valence electrons. The lowest BCUT2D eigenvalue weighted by Gasteiger charge is -2.24. The number of allylic oxidation sites excluding steroid dienone is 1. The van der Waals surface area contributed by atoms with Crippen LogP contribution in [0.5, 0.6) is 5.75 Å². The van der Waals surface area contributed by atoms with E-state index in [0.717, 1.165) is 5.56 Å². The van der Waals surface area contributed by atoms with E-state index < -0.39 is 18.0 Å². The first-order valence-corrected chi connectivity index (χ1v) is 12.4. The molecule has 0 aliphatic carbocycles. The number of thiazole rings is 1. The van der Waals surface area contributed by atoms with Crippen molar-refractivity contribution in [2.75, 3.05) is 20.3 Å². The van der Waals surface area contributed by atoms with Crippen LogP contribution in [0.25, 0.3) is 6.08 Å². The molecule has 0 fully saturated rings. The van der Waals surface area contributed by atoms with E-state index in [0.29, 0.717) is 38.5 Å². The summed E-state index contributed by atoms with van der Waals surface area (Å²) in [7, 11) is 1.31. The van der Waals surface area contributed by atoms with E-state index in [1.54, 1.807) is 50.3 Å². The van der Waals surface area contributed by atoms with Crippen molar-refractivity contribution in [2.45, 2.75) is 19.9 Å². The highest BCUT2D eigenvalue weighted by atomic mass is 32.1. The average molecular weight is 519 g/mol. The van der Waals surface area contributed by atoms with Crippen LogP contribution in [0.2, 0.25) is 0 Å². The fraction of sp³-hybridized carbons (Fsp3) is 0.214.